The predicted molar refractivity (Wildman–Crippen MR) is 93.2 cm³/mol. The number of hydrogen-bond donors (Lipinski definition) is 1. The quantitative estimate of drug-likeness (QED) is 0.711. The van der Waals surface area contributed by atoms with Crippen molar-refractivity contribution in [2.45, 2.75) is 27.7 Å². The first-order chi connectivity index (χ1) is 10.1. The van der Waals surface area contributed by atoms with Crippen molar-refractivity contribution in [1.29, 1.82) is 0 Å². The second-order valence-electron chi connectivity index (χ2n) is 5.16. The minimum Gasteiger partial charge on any atom is -0.353 e. The van der Waals surface area contributed by atoms with Crippen molar-refractivity contribution in [1.82, 2.24) is 0 Å². The molecule has 108 valence electrons. The van der Waals surface area contributed by atoms with Crippen LogP contribution in [-0.4, -0.2) is 5.71 Å². The topological polar surface area (TPSA) is 24.4 Å². The summed E-state index contributed by atoms with van der Waals surface area (Å²) in [4.78, 5) is 4.67. The molecule has 0 aliphatic carbocycles. The lowest BCUT2D eigenvalue weighted by Gasteiger charge is -2.14. The molecule has 1 N–H and O–H groups in total. The van der Waals surface area contributed by atoms with E-state index in [2.05, 4.69) is 48.4 Å². The minimum atomic E-state index is 0.954. The fourth-order valence-corrected chi connectivity index (χ4v) is 2.29. The summed E-state index contributed by atoms with van der Waals surface area (Å²) in [5.41, 5.74) is 6.60. The maximum absolute atomic E-state index is 4.67. The number of anilines is 2. The van der Waals surface area contributed by atoms with Crippen LogP contribution in [0.4, 0.5) is 17.1 Å². The third-order valence-electron chi connectivity index (χ3n) is 3.35. The molecule has 0 unspecified atom stereocenters. The maximum Gasteiger partial charge on any atom is 0.0867 e. The summed E-state index contributed by atoms with van der Waals surface area (Å²) < 4.78 is 0. The molecule has 0 heterocycles. The first kappa shape index (κ1) is 15.0. The molecule has 0 saturated carbocycles. The van der Waals surface area contributed by atoms with Crippen LogP contribution in [0.15, 0.2) is 59.6 Å². The van der Waals surface area contributed by atoms with Gasteiger partial charge in [0.1, 0.15) is 0 Å². The van der Waals surface area contributed by atoms with Gasteiger partial charge in [0.05, 0.1) is 11.4 Å². The van der Waals surface area contributed by atoms with E-state index in [-0.39, 0.29) is 0 Å². The van der Waals surface area contributed by atoms with Crippen LogP contribution in [0, 0.1) is 13.8 Å². The van der Waals surface area contributed by atoms with E-state index in [1.165, 1.54) is 11.1 Å². The van der Waals surface area contributed by atoms with Crippen molar-refractivity contribution in [2.75, 3.05) is 5.32 Å². The fraction of sp³-hybridized carbons (Fsp3) is 0.211. The number of nitrogens with zero attached hydrogens (tertiary/aromatic N) is 1. The number of aryl methyl sites for hydroxylation is 2. The number of benzene rings is 2. The average Bonchev–Trinajstić information content (AvgIpc) is 2.45. The summed E-state index contributed by atoms with van der Waals surface area (Å²) in [5, 5.41) is 3.53. The second kappa shape index (κ2) is 6.89. The zero-order chi connectivity index (χ0) is 15.2. The van der Waals surface area contributed by atoms with Crippen molar-refractivity contribution < 1.29 is 0 Å². The van der Waals surface area contributed by atoms with Crippen molar-refractivity contribution in [3.63, 3.8) is 0 Å². The van der Waals surface area contributed by atoms with Crippen molar-refractivity contribution in [3.8, 4) is 0 Å². The Labute approximate surface area is 127 Å². The molecule has 0 amide bonds. The smallest absolute Gasteiger partial charge is 0.0867 e. The van der Waals surface area contributed by atoms with Crippen LogP contribution < -0.4 is 5.32 Å². The lowest BCUT2D eigenvalue weighted by atomic mass is 10.1. The molecule has 0 aliphatic heterocycles. The normalized spacial score (nSPS) is 11.9. The number of nitrogens with one attached hydrogen (secondary N) is 1. The summed E-state index contributed by atoms with van der Waals surface area (Å²) in [7, 11) is 0. The number of rotatable bonds is 4. The Balaban J connectivity index is 2.40. The summed E-state index contributed by atoms with van der Waals surface area (Å²) >= 11 is 0. The largest absolute Gasteiger partial charge is 0.353 e. The van der Waals surface area contributed by atoms with Gasteiger partial charge in [-0.3, -0.25) is 4.99 Å². The molecule has 2 rings (SSSR count). The number of hydrogen-bond acceptors (Lipinski definition) is 2. The Morgan fingerprint density at radius 3 is 2.33 bits per heavy atom. The highest BCUT2D eigenvalue weighted by molar-refractivity contribution is 5.95. The molecule has 0 spiro atoms. The third kappa shape index (κ3) is 3.82. The molecular formula is C19H22N2. The lowest BCUT2D eigenvalue weighted by molar-refractivity contribution is 1.35. The lowest BCUT2D eigenvalue weighted by Crippen LogP contribution is -1.96. The van der Waals surface area contributed by atoms with Crippen LogP contribution in [0.25, 0.3) is 0 Å². The number of para-hydroxylation sites is 3. The Morgan fingerprint density at radius 2 is 1.67 bits per heavy atom. The fourth-order valence-electron chi connectivity index (χ4n) is 2.29. The van der Waals surface area contributed by atoms with Crippen LogP contribution in [0.1, 0.15) is 25.0 Å². The Bertz CT molecular complexity index is 661. The van der Waals surface area contributed by atoms with E-state index in [9.17, 15) is 0 Å². The highest BCUT2D eigenvalue weighted by Crippen LogP contribution is 2.31. The van der Waals surface area contributed by atoms with E-state index >= 15 is 0 Å². The van der Waals surface area contributed by atoms with Gasteiger partial charge in [0.2, 0.25) is 0 Å². The molecule has 2 aromatic rings. The number of allylic oxidation sites excluding steroid dienone is 2. The highest BCUT2D eigenvalue weighted by atomic mass is 14.9. The van der Waals surface area contributed by atoms with E-state index < -0.39 is 0 Å². The van der Waals surface area contributed by atoms with E-state index in [0.717, 1.165) is 22.8 Å². The predicted octanol–water partition coefficient (Wildman–Crippen LogP) is 5.72. The van der Waals surface area contributed by atoms with Gasteiger partial charge in [-0.15, -0.1) is 0 Å². The molecule has 0 atom stereocenters. The minimum absolute atomic E-state index is 0.954. The third-order valence-corrected chi connectivity index (χ3v) is 3.35. The molecule has 2 nitrogen and oxygen atoms in total. The zero-order valence-corrected chi connectivity index (χ0v) is 13.1. The van der Waals surface area contributed by atoms with E-state index in [1.807, 2.05) is 44.2 Å². The molecule has 0 radical (unpaired) electrons. The Morgan fingerprint density at radius 1 is 1.00 bits per heavy atom. The average molecular weight is 278 g/mol. The molecule has 2 aromatic carbocycles. The molecule has 0 bridgehead atoms. The van der Waals surface area contributed by atoms with Gasteiger partial charge in [-0.25, -0.2) is 0 Å². The molecular weight excluding hydrogens is 256 g/mol. The van der Waals surface area contributed by atoms with Gasteiger partial charge in [0, 0.05) is 11.4 Å². The van der Waals surface area contributed by atoms with Gasteiger partial charge in [-0.1, -0.05) is 36.4 Å². The van der Waals surface area contributed by atoms with Gasteiger partial charge in [-0.05, 0) is 57.0 Å². The molecule has 0 aliphatic rings. The first-order valence-electron chi connectivity index (χ1n) is 7.22. The molecule has 21 heavy (non-hydrogen) atoms. The van der Waals surface area contributed by atoms with Gasteiger partial charge in [-0.2, -0.15) is 0 Å². The van der Waals surface area contributed by atoms with Crippen molar-refractivity contribution >= 4 is 22.8 Å². The van der Waals surface area contributed by atoms with Crippen molar-refractivity contribution in [3.05, 3.63) is 65.7 Å². The van der Waals surface area contributed by atoms with E-state index in [1.54, 1.807) is 0 Å². The Kier molecular flexibility index (Phi) is 4.94. The summed E-state index contributed by atoms with van der Waals surface area (Å²) in [6.45, 7) is 8.24. The molecule has 0 fully saturated rings. The maximum atomic E-state index is 4.67. The van der Waals surface area contributed by atoms with Crippen LogP contribution in [0.3, 0.4) is 0 Å². The standard InChI is InChI=1S/C19H22N2/c1-5-9-16(4)20-17-12-6-7-13-18(17)21-19-14(2)10-8-11-15(19)3/h5-13,21H,1-4H3/b9-5+,20-16?. The monoisotopic (exact) mass is 278 g/mol. The summed E-state index contributed by atoms with van der Waals surface area (Å²) in [5.74, 6) is 0. The molecule has 2 heteroatoms. The highest BCUT2D eigenvalue weighted by Gasteiger charge is 2.05. The van der Waals surface area contributed by atoms with Gasteiger partial charge in [0.25, 0.3) is 0 Å². The van der Waals surface area contributed by atoms with Gasteiger partial charge in [0.15, 0.2) is 0 Å². The SMILES string of the molecule is C/C=C/C(C)=Nc1ccccc1Nc1c(C)cccc1C. The van der Waals surface area contributed by atoms with Gasteiger partial charge >= 0.3 is 0 Å². The Hall–Kier alpha value is -2.35. The molecule has 0 aromatic heterocycles. The molecule has 0 saturated heterocycles. The first-order valence-corrected chi connectivity index (χ1v) is 7.22. The second-order valence-corrected chi connectivity index (χ2v) is 5.16. The summed E-state index contributed by atoms with van der Waals surface area (Å²) in [6, 6.07) is 14.4. The van der Waals surface area contributed by atoms with Crippen LogP contribution in [0.2, 0.25) is 0 Å². The van der Waals surface area contributed by atoms with Crippen LogP contribution >= 0.6 is 0 Å². The van der Waals surface area contributed by atoms with Crippen molar-refractivity contribution in [2.24, 2.45) is 4.99 Å². The van der Waals surface area contributed by atoms with Gasteiger partial charge < -0.3 is 5.32 Å². The van der Waals surface area contributed by atoms with Crippen LogP contribution in [-0.2, 0) is 0 Å². The summed E-state index contributed by atoms with van der Waals surface area (Å²) in [6.07, 6.45) is 4.01. The number of aliphatic imine (C=N–C) groups is 1. The zero-order valence-electron chi connectivity index (χ0n) is 13.1. The van der Waals surface area contributed by atoms with E-state index in [4.69, 9.17) is 0 Å². The van der Waals surface area contributed by atoms with Crippen LogP contribution in [0.5, 0.6) is 0 Å². The van der Waals surface area contributed by atoms with E-state index in [0.29, 0.717) is 0 Å².